The molecule has 4 saturated carbocycles. The van der Waals surface area contributed by atoms with E-state index in [1.165, 1.54) is 0 Å². The SMILES string of the molecule is O=S(=O)(NC12CC3CC(CC(C3)C1)C2)C(F)(F)C(F)(F)F. The summed E-state index contributed by atoms with van der Waals surface area (Å²) in [6, 6.07) is 0. The summed E-state index contributed by atoms with van der Waals surface area (Å²) in [5, 5.41) is -5.76. The third-order valence-electron chi connectivity index (χ3n) is 5.06. The highest BCUT2D eigenvalue weighted by Crippen LogP contribution is 2.56. The van der Waals surface area contributed by atoms with Crippen LogP contribution in [0.5, 0.6) is 0 Å². The number of halogens is 5. The lowest BCUT2D eigenvalue weighted by atomic mass is 9.53. The Hall–Kier alpha value is -0.440. The van der Waals surface area contributed by atoms with Gasteiger partial charge < -0.3 is 0 Å². The van der Waals surface area contributed by atoms with E-state index in [-0.39, 0.29) is 17.8 Å². The van der Waals surface area contributed by atoms with Crippen LogP contribution >= 0.6 is 0 Å². The average Bonchev–Trinajstić information content (AvgIpc) is 2.22. The Morgan fingerprint density at radius 2 is 1.24 bits per heavy atom. The van der Waals surface area contributed by atoms with Crippen LogP contribution in [-0.2, 0) is 10.0 Å². The van der Waals surface area contributed by atoms with Crippen molar-refractivity contribution in [3.8, 4) is 0 Å². The lowest BCUT2D eigenvalue weighted by Gasteiger charge is -2.56. The summed E-state index contributed by atoms with van der Waals surface area (Å²) in [5.74, 6) is 0.704. The topological polar surface area (TPSA) is 46.2 Å². The molecule has 122 valence electrons. The average molecular weight is 333 g/mol. The van der Waals surface area contributed by atoms with Gasteiger partial charge in [0.25, 0.3) is 10.0 Å². The molecule has 0 atom stereocenters. The third-order valence-corrected chi connectivity index (χ3v) is 6.66. The molecule has 21 heavy (non-hydrogen) atoms. The number of hydrogen-bond acceptors (Lipinski definition) is 2. The second-order valence-corrected chi connectivity index (χ2v) is 8.54. The molecule has 0 heterocycles. The maximum Gasteiger partial charge on any atom is 0.470 e. The second-order valence-electron chi connectivity index (χ2n) is 6.82. The van der Waals surface area contributed by atoms with Crippen molar-refractivity contribution < 1.29 is 30.4 Å². The van der Waals surface area contributed by atoms with Crippen LogP contribution < -0.4 is 4.72 Å². The van der Waals surface area contributed by atoms with Crippen molar-refractivity contribution in [2.24, 2.45) is 17.8 Å². The molecule has 9 heteroatoms. The molecule has 0 aromatic carbocycles. The minimum Gasteiger partial charge on any atom is -0.206 e. The van der Waals surface area contributed by atoms with Gasteiger partial charge in [0, 0.05) is 5.54 Å². The molecule has 1 N–H and O–H groups in total. The molecular formula is C12H16F5NO2S. The monoisotopic (exact) mass is 333 g/mol. The van der Waals surface area contributed by atoms with E-state index in [2.05, 4.69) is 0 Å². The van der Waals surface area contributed by atoms with Gasteiger partial charge in [-0.05, 0) is 56.3 Å². The molecule has 4 rings (SSSR count). The molecule has 0 unspecified atom stereocenters. The van der Waals surface area contributed by atoms with Gasteiger partial charge in [-0.25, -0.2) is 13.1 Å². The Balaban J connectivity index is 1.86. The molecule has 0 saturated heterocycles. The zero-order valence-electron chi connectivity index (χ0n) is 11.1. The number of alkyl halides is 5. The van der Waals surface area contributed by atoms with Gasteiger partial charge in [0.2, 0.25) is 0 Å². The minimum absolute atomic E-state index is 0.235. The van der Waals surface area contributed by atoms with Crippen molar-refractivity contribution in [2.45, 2.75) is 55.5 Å². The first-order valence-electron chi connectivity index (χ1n) is 6.92. The summed E-state index contributed by atoms with van der Waals surface area (Å²) < 4.78 is 88.3. The summed E-state index contributed by atoms with van der Waals surface area (Å²) in [6.45, 7) is 0. The predicted molar refractivity (Wildman–Crippen MR) is 64.0 cm³/mol. The summed E-state index contributed by atoms with van der Waals surface area (Å²) >= 11 is 0. The van der Waals surface area contributed by atoms with Crippen LogP contribution in [0, 0.1) is 17.8 Å². The van der Waals surface area contributed by atoms with Gasteiger partial charge in [-0.15, -0.1) is 0 Å². The summed E-state index contributed by atoms with van der Waals surface area (Å²) in [5.41, 5.74) is -1.11. The first-order chi connectivity index (χ1) is 9.44. The zero-order chi connectivity index (χ0) is 15.7. The standard InChI is InChI=1S/C12H16F5NO2S/c13-11(14,15)12(16,17)21(19,20)18-10-4-7-1-8(5-10)3-9(2-7)6-10/h7-9,18H,1-6H2. The van der Waals surface area contributed by atoms with Gasteiger partial charge in [-0.1, -0.05) is 0 Å². The van der Waals surface area contributed by atoms with Crippen LogP contribution in [0.2, 0.25) is 0 Å². The Kier molecular flexibility index (Phi) is 3.17. The second kappa shape index (κ2) is 4.31. The molecule has 4 bridgehead atoms. The number of nitrogens with one attached hydrogen (secondary N) is 1. The third kappa shape index (κ3) is 2.36. The number of hydrogen-bond donors (Lipinski definition) is 1. The largest absolute Gasteiger partial charge is 0.470 e. The molecule has 4 aliphatic carbocycles. The van der Waals surface area contributed by atoms with E-state index in [0.29, 0.717) is 19.3 Å². The molecule has 0 spiro atoms. The molecule has 0 radical (unpaired) electrons. The van der Waals surface area contributed by atoms with E-state index < -0.39 is 27.0 Å². The first kappa shape index (κ1) is 15.5. The normalized spacial score (nSPS) is 39.8. The lowest BCUT2D eigenvalue weighted by Crippen LogP contribution is -2.63. The van der Waals surface area contributed by atoms with Gasteiger partial charge in [-0.3, -0.25) is 0 Å². The van der Waals surface area contributed by atoms with Crippen molar-refractivity contribution in [1.29, 1.82) is 0 Å². The van der Waals surface area contributed by atoms with Crippen molar-refractivity contribution in [2.75, 3.05) is 0 Å². The molecule has 4 aliphatic rings. The smallest absolute Gasteiger partial charge is 0.206 e. The van der Waals surface area contributed by atoms with E-state index in [1.807, 2.05) is 0 Å². The number of rotatable bonds is 3. The van der Waals surface area contributed by atoms with Crippen molar-refractivity contribution in [3.63, 3.8) is 0 Å². The molecule has 3 nitrogen and oxygen atoms in total. The highest BCUT2D eigenvalue weighted by molar-refractivity contribution is 7.90. The maximum atomic E-state index is 13.2. The number of sulfonamides is 1. The quantitative estimate of drug-likeness (QED) is 0.807. The Morgan fingerprint density at radius 1 is 0.857 bits per heavy atom. The molecule has 0 aliphatic heterocycles. The van der Waals surface area contributed by atoms with Gasteiger partial charge in [0.15, 0.2) is 0 Å². The minimum atomic E-state index is -6.11. The van der Waals surface area contributed by atoms with Gasteiger partial charge >= 0.3 is 11.4 Å². The van der Waals surface area contributed by atoms with E-state index >= 15 is 0 Å². The lowest BCUT2D eigenvalue weighted by molar-refractivity contribution is -0.242. The van der Waals surface area contributed by atoms with Gasteiger partial charge in [-0.2, -0.15) is 22.0 Å². The molecule has 0 aromatic rings. The zero-order valence-corrected chi connectivity index (χ0v) is 11.9. The predicted octanol–water partition coefficient (Wildman–Crippen LogP) is 3.03. The van der Waals surface area contributed by atoms with Crippen molar-refractivity contribution >= 4 is 10.0 Å². The van der Waals surface area contributed by atoms with Crippen LogP contribution in [0.4, 0.5) is 22.0 Å². The fourth-order valence-electron chi connectivity index (χ4n) is 4.74. The fraction of sp³-hybridized carbons (Fsp3) is 1.00. The summed E-state index contributed by atoms with van der Waals surface area (Å²) in [7, 11) is -5.79. The van der Waals surface area contributed by atoms with E-state index in [9.17, 15) is 30.4 Å². The highest BCUT2D eigenvalue weighted by atomic mass is 32.2. The Labute approximate surface area is 119 Å². The summed E-state index contributed by atoms with van der Waals surface area (Å²) in [4.78, 5) is 0. The van der Waals surface area contributed by atoms with Gasteiger partial charge in [0.05, 0.1) is 0 Å². The summed E-state index contributed by atoms with van der Waals surface area (Å²) in [6.07, 6.45) is -2.23. The van der Waals surface area contributed by atoms with Crippen LogP contribution in [0.15, 0.2) is 0 Å². The molecule has 0 aromatic heterocycles. The Bertz CT molecular complexity index is 507. The van der Waals surface area contributed by atoms with Crippen LogP contribution in [0.1, 0.15) is 38.5 Å². The fourth-order valence-corrected chi connectivity index (χ4v) is 5.99. The maximum absolute atomic E-state index is 13.2. The van der Waals surface area contributed by atoms with Crippen LogP contribution in [-0.4, -0.2) is 25.4 Å². The van der Waals surface area contributed by atoms with Gasteiger partial charge in [0.1, 0.15) is 0 Å². The van der Waals surface area contributed by atoms with E-state index in [0.717, 1.165) is 19.3 Å². The molecule has 0 amide bonds. The molecular weight excluding hydrogens is 317 g/mol. The van der Waals surface area contributed by atoms with Crippen LogP contribution in [0.25, 0.3) is 0 Å². The molecule has 4 fully saturated rings. The van der Waals surface area contributed by atoms with E-state index in [4.69, 9.17) is 0 Å². The highest BCUT2D eigenvalue weighted by Gasteiger charge is 2.69. The first-order valence-corrected chi connectivity index (χ1v) is 8.40. The Morgan fingerprint density at radius 3 is 1.57 bits per heavy atom. The van der Waals surface area contributed by atoms with Crippen molar-refractivity contribution in [3.05, 3.63) is 0 Å². The van der Waals surface area contributed by atoms with Crippen LogP contribution in [0.3, 0.4) is 0 Å². The van der Waals surface area contributed by atoms with Crippen molar-refractivity contribution in [1.82, 2.24) is 4.72 Å². The van der Waals surface area contributed by atoms with E-state index in [1.54, 1.807) is 4.72 Å².